The van der Waals surface area contributed by atoms with Crippen molar-refractivity contribution < 1.29 is 16.5 Å². The Morgan fingerprint density at radius 3 is 1.28 bits per heavy atom. The fourth-order valence-corrected chi connectivity index (χ4v) is 24.5. The van der Waals surface area contributed by atoms with E-state index in [1.807, 2.05) is 0 Å². The lowest BCUT2D eigenvalue weighted by molar-refractivity contribution is 0.234. The fourth-order valence-electron chi connectivity index (χ4n) is 2.86. The van der Waals surface area contributed by atoms with Crippen LogP contribution in [0.25, 0.3) is 0 Å². The van der Waals surface area contributed by atoms with Crippen molar-refractivity contribution in [1.82, 2.24) is 0 Å². The normalized spacial score (nSPS) is 29.3. The zero-order valence-electron chi connectivity index (χ0n) is 13.0. The van der Waals surface area contributed by atoms with E-state index in [1.165, 1.54) is 0 Å². The standard InChI is InChI=1S/C10H28O4Si4/c1-9-10-18(8)13-16(4,5)11-15(2,3)12-17(6,7)14-18/h9-10H2,1-8H3. The van der Waals surface area contributed by atoms with Crippen LogP contribution in [0.5, 0.6) is 0 Å². The quantitative estimate of drug-likeness (QED) is 0.727. The largest absolute Gasteiger partial charge is 0.416 e. The molecule has 1 rings (SSSR count). The van der Waals surface area contributed by atoms with Crippen LogP contribution in [-0.4, -0.2) is 34.2 Å². The minimum absolute atomic E-state index is 1.01. The van der Waals surface area contributed by atoms with E-state index in [2.05, 4.69) is 52.8 Å². The number of hydrogen-bond donors (Lipinski definition) is 0. The molecule has 1 heterocycles. The van der Waals surface area contributed by atoms with Crippen molar-refractivity contribution in [1.29, 1.82) is 0 Å². The summed E-state index contributed by atoms with van der Waals surface area (Å²) in [5.41, 5.74) is 0. The van der Waals surface area contributed by atoms with E-state index in [-0.39, 0.29) is 0 Å². The third-order valence-corrected chi connectivity index (χ3v) is 19.3. The molecule has 1 fully saturated rings. The Balaban J connectivity index is 3.01. The van der Waals surface area contributed by atoms with Crippen molar-refractivity contribution in [2.45, 2.75) is 65.2 Å². The van der Waals surface area contributed by atoms with E-state index in [0.717, 1.165) is 12.5 Å². The zero-order valence-corrected chi connectivity index (χ0v) is 17.0. The van der Waals surface area contributed by atoms with E-state index < -0.39 is 34.2 Å². The Morgan fingerprint density at radius 1 is 0.611 bits per heavy atom. The highest BCUT2D eigenvalue weighted by atomic mass is 28.5. The lowest BCUT2D eigenvalue weighted by Crippen LogP contribution is -2.64. The molecule has 1 saturated heterocycles. The van der Waals surface area contributed by atoms with Gasteiger partial charge >= 0.3 is 34.2 Å². The Hall–Kier alpha value is 0.708. The van der Waals surface area contributed by atoms with E-state index >= 15 is 0 Å². The molecule has 1 aliphatic rings. The maximum atomic E-state index is 6.40. The van der Waals surface area contributed by atoms with Gasteiger partial charge in [0, 0.05) is 0 Å². The van der Waals surface area contributed by atoms with Gasteiger partial charge in [-0.25, -0.2) is 0 Å². The molecule has 18 heavy (non-hydrogen) atoms. The minimum Gasteiger partial charge on any atom is -0.416 e. The van der Waals surface area contributed by atoms with E-state index in [4.69, 9.17) is 16.5 Å². The molecule has 0 atom stereocenters. The predicted octanol–water partition coefficient (Wildman–Crippen LogP) is 3.65. The molecule has 4 nitrogen and oxygen atoms in total. The minimum atomic E-state index is -2.16. The van der Waals surface area contributed by atoms with Crippen molar-refractivity contribution in [2.24, 2.45) is 0 Å². The van der Waals surface area contributed by atoms with Crippen molar-refractivity contribution in [3.05, 3.63) is 0 Å². The van der Waals surface area contributed by atoms with E-state index in [0.29, 0.717) is 0 Å². The third kappa shape index (κ3) is 5.00. The van der Waals surface area contributed by atoms with Crippen LogP contribution < -0.4 is 0 Å². The molecule has 0 radical (unpaired) electrons. The summed E-state index contributed by atoms with van der Waals surface area (Å²) in [4.78, 5) is 0. The molecule has 0 amide bonds. The first-order valence-electron chi connectivity index (χ1n) is 6.69. The van der Waals surface area contributed by atoms with Crippen LogP contribution in [0.15, 0.2) is 0 Å². The second kappa shape index (κ2) is 5.24. The van der Waals surface area contributed by atoms with Gasteiger partial charge in [0.25, 0.3) is 0 Å². The van der Waals surface area contributed by atoms with Crippen LogP contribution >= 0.6 is 0 Å². The first kappa shape index (κ1) is 16.8. The van der Waals surface area contributed by atoms with Gasteiger partial charge < -0.3 is 16.5 Å². The maximum absolute atomic E-state index is 6.40. The van der Waals surface area contributed by atoms with Gasteiger partial charge in [0.1, 0.15) is 0 Å². The Bertz CT molecular complexity index is 284. The summed E-state index contributed by atoms with van der Waals surface area (Å²) in [6.45, 7) is 16.9. The molecule has 108 valence electrons. The molecule has 1 aliphatic heterocycles. The van der Waals surface area contributed by atoms with Crippen molar-refractivity contribution in [3.63, 3.8) is 0 Å². The van der Waals surface area contributed by atoms with Gasteiger partial charge in [0.15, 0.2) is 0 Å². The van der Waals surface area contributed by atoms with Gasteiger partial charge in [-0.2, -0.15) is 0 Å². The van der Waals surface area contributed by atoms with Crippen LogP contribution in [0.3, 0.4) is 0 Å². The number of hydrogen-bond acceptors (Lipinski definition) is 4. The van der Waals surface area contributed by atoms with E-state index in [1.54, 1.807) is 0 Å². The van der Waals surface area contributed by atoms with Crippen LogP contribution in [0.4, 0.5) is 0 Å². The fraction of sp³-hybridized carbons (Fsp3) is 1.00. The van der Waals surface area contributed by atoms with Crippen LogP contribution in [0, 0.1) is 0 Å². The molecule has 0 N–H and O–H groups in total. The Morgan fingerprint density at radius 2 is 0.944 bits per heavy atom. The summed E-state index contributed by atoms with van der Waals surface area (Å²) in [5.74, 6) is 0. The molecule has 0 bridgehead atoms. The highest BCUT2D eigenvalue weighted by Crippen LogP contribution is 2.32. The monoisotopic (exact) mass is 324 g/mol. The molecule has 0 aromatic heterocycles. The molecular formula is C10H28O4Si4. The summed E-state index contributed by atoms with van der Waals surface area (Å²) < 4.78 is 25.3. The van der Waals surface area contributed by atoms with Gasteiger partial charge in [0.2, 0.25) is 0 Å². The molecule has 0 spiro atoms. The Labute approximate surface area is 116 Å². The molecule has 0 saturated carbocycles. The Kier molecular flexibility index (Phi) is 4.88. The van der Waals surface area contributed by atoms with Crippen LogP contribution in [0.2, 0.25) is 51.9 Å². The average Bonchev–Trinajstić information content (AvgIpc) is 1.91. The zero-order chi connectivity index (χ0) is 14.2. The van der Waals surface area contributed by atoms with Crippen molar-refractivity contribution in [3.8, 4) is 0 Å². The number of rotatable bonds is 2. The summed E-state index contributed by atoms with van der Waals surface area (Å²) >= 11 is 0. The summed E-state index contributed by atoms with van der Waals surface area (Å²) in [6.07, 6.45) is 1.08. The summed E-state index contributed by atoms with van der Waals surface area (Å²) in [7, 11) is -8.59. The molecule has 8 heteroatoms. The van der Waals surface area contributed by atoms with Crippen molar-refractivity contribution >= 4 is 34.2 Å². The van der Waals surface area contributed by atoms with Gasteiger partial charge in [-0.15, -0.1) is 0 Å². The third-order valence-electron chi connectivity index (χ3n) is 2.61. The maximum Gasteiger partial charge on any atom is 0.317 e. The van der Waals surface area contributed by atoms with E-state index in [9.17, 15) is 0 Å². The molecule has 0 aliphatic carbocycles. The first-order valence-corrected chi connectivity index (χ1v) is 17.7. The SMILES string of the molecule is CCC[Si]1(C)O[Si](C)(C)O[Si](C)(C)O[Si](C)(C)O1. The molecule has 0 aromatic rings. The highest BCUT2D eigenvalue weighted by molar-refractivity contribution is 6.93. The lowest BCUT2D eigenvalue weighted by Gasteiger charge is -2.47. The molecule has 0 unspecified atom stereocenters. The second-order valence-electron chi connectivity index (χ2n) is 6.49. The first-order chi connectivity index (χ1) is 7.89. The van der Waals surface area contributed by atoms with Gasteiger partial charge in [0.05, 0.1) is 0 Å². The molecule has 0 aromatic carbocycles. The van der Waals surface area contributed by atoms with Gasteiger partial charge in [-0.3, -0.25) is 0 Å². The second-order valence-corrected chi connectivity index (χ2v) is 20.9. The average molecular weight is 325 g/mol. The molecular weight excluding hydrogens is 296 g/mol. The topological polar surface area (TPSA) is 36.9 Å². The highest BCUT2D eigenvalue weighted by Gasteiger charge is 2.51. The van der Waals surface area contributed by atoms with Gasteiger partial charge in [-0.05, 0) is 51.9 Å². The predicted molar refractivity (Wildman–Crippen MR) is 83.5 cm³/mol. The van der Waals surface area contributed by atoms with Crippen LogP contribution in [-0.2, 0) is 16.5 Å². The summed E-state index contributed by atoms with van der Waals surface area (Å²) in [6, 6.07) is 1.01. The summed E-state index contributed by atoms with van der Waals surface area (Å²) in [5, 5.41) is 0. The van der Waals surface area contributed by atoms with Gasteiger partial charge in [-0.1, -0.05) is 13.3 Å². The lowest BCUT2D eigenvalue weighted by atomic mass is 10.6. The van der Waals surface area contributed by atoms with Crippen molar-refractivity contribution in [2.75, 3.05) is 0 Å². The smallest absolute Gasteiger partial charge is 0.317 e. The van der Waals surface area contributed by atoms with Crippen LogP contribution in [0.1, 0.15) is 13.3 Å².